The van der Waals surface area contributed by atoms with E-state index in [1.165, 1.54) is 6.07 Å². The lowest BCUT2D eigenvalue weighted by atomic mass is 9.89. The van der Waals surface area contributed by atoms with Crippen molar-refractivity contribution in [3.63, 3.8) is 0 Å². The van der Waals surface area contributed by atoms with Crippen molar-refractivity contribution in [2.24, 2.45) is 5.41 Å². The Hall–Kier alpha value is -4.45. The van der Waals surface area contributed by atoms with E-state index in [1.54, 1.807) is 50.2 Å². The van der Waals surface area contributed by atoms with E-state index in [-0.39, 0.29) is 34.9 Å². The second-order valence-corrected chi connectivity index (χ2v) is 15.5. The third-order valence-electron chi connectivity index (χ3n) is 8.15. The number of hydrogen-bond acceptors (Lipinski definition) is 4. The number of halogens is 4. The summed E-state index contributed by atoms with van der Waals surface area (Å²) in [5.74, 6) is -2.16. The van der Waals surface area contributed by atoms with Crippen molar-refractivity contribution in [1.82, 2.24) is 5.32 Å². The minimum absolute atomic E-state index is 0.0150. The van der Waals surface area contributed by atoms with E-state index in [4.69, 9.17) is 16.2 Å². The zero-order valence-electron chi connectivity index (χ0n) is 28.9. The van der Waals surface area contributed by atoms with Crippen LogP contribution in [0.1, 0.15) is 70.4 Å². The molecule has 51 heavy (non-hydrogen) atoms. The predicted molar refractivity (Wildman–Crippen MR) is 197 cm³/mol. The number of carbonyl (C=O) groups is 2. The van der Waals surface area contributed by atoms with E-state index in [1.807, 2.05) is 30.3 Å². The van der Waals surface area contributed by atoms with Crippen molar-refractivity contribution in [2.75, 3.05) is 17.6 Å². The summed E-state index contributed by atoms with van der Waals surface area (Å²) < 4.78 is 70.6. The minimum atomic E-state index is -4.46. The smallest absolute Gasteiger partial charge is 0.351 e. The molecule has 0 heterocycles. The molecule has 270 valence electrons. The van der Waals surface area contributed by atoms with E-state index >= 15 is 0 Å². The number of benzene rings is 4. The van der Waals surface area contributed by atoms with Crippen LogP contribution in [0.4, 0.5) is 18.9 Å². The summed E-state index contributed by atoms with van der Waals surface area (Å²) in [6, 6.07) is 21.0. The lowest BCUT2D eigenvalue weighted by Crippen LogP contribution is -2.28. The fourth-order valence-corrected chi connectivity index (χ4v) is 5.97. The minimum Gasteiger partial charge on any atom is -0.351 e. The second-order valence-electron chi connectivity index (χ2n) is 13.5. The van der Waals surface area contributed by atoms with Crippen LogP contribution in [0.2, 0.25) is 5.02 Å². The molecule has 3 N–H and O–H groups in total. The van der Waals surface area contributed by atoms with Gasteiger partial charge in [0.1, 0.15) is 0 Å². The maximum Gasteiger partial charge on any atom is 0.416 e. The molecule has 4 aromatic carbocycles. The highest BCUT2D eigenvalue weighted by Crippen LogP contribution is 2.37. The quantitative estimate of drug-likeness (QED) is 0.133. The number of alkyl halides is 3. The van der Waals surface area contributed by atoms with Crippen LogP contribution in [0.25, 0.3) is 17.2 Å². The van der Waals surface area contributed by atoms with Gasteiger partial charge in [0.15, 0.2) is 0 Å². The zero-order valence-corrected chi connectivity index (χ0v) is 30.4. The van der Waals surface area contributed by atoms with Crippen LogP contribution in [-0.2, 0) is 27.5 Å². The third kappa shape index (κ3) is 11.3. The number of aryl methyl sites for hydroxylation is 2. The molecular weight excluding hydrogens is 701 g/mol. The standard InChI is InChI=1S/C39H40ClF3N2O5S/c1-24-20-30(39(41,42)43)14-15-31(24)32-23-34(40)35(21-25(32)2)45-37(47)33(28-10-6-26(7-11-28)16-17-38(3,4)5)22-27-8-12-29(13-9-27)36(46)44-18-19-51(48,49)50/h6-17,20-21,23,33H,18-19,22H2,1-5H3,(H,44,46)(H,45,47)(H,48,49,50). The molecule has 4 rings (SSSR count). The molecule has 0 saturated heterocycles. The Morgan fingerprint density at radius 3 is 2.08 bits per heavy atom. The highest BCUT2D eigenvalue weighted by atomic mass is 35.5. The average molecular weight is 741 g/mol. The predicted octanol–water partition coefficient (Wildman–Crippen LogP) is 9.28. The van der Waals surface area contributed by atoms with Crippen LogP contribution in [0.5, 0.6) is 0 Å². The molecular formula is C39H40ClF3N2O5S. The topological polar surface area (TPSA) is 113 Å². The fourth-order valence-electron chi connectivity index (χ4n) is 5.40. The SMILES string of the molecule is Cc1cc(C(F)(F)F)ccc1-c1cc(Cl)c(NC(=O)C(Cc2ccc(C(=O)NCCS(=O)(=O)O)cc2)c2ccc(C=CC(C)(C)C)cc2)cc1C. The molecule has 0 aromatic heterocycles. The Morgan fingerprint density at radius 1 is 0.882 bits per heavy atom. The van der Waals surface area contributed by atoms with Crippen molar-refractivity contribution >= 4 is 45.3 Å². The highest BCUT2D eigenvalue weighted by molar-refractivity contribution is 7.85. The molecule has 4 aromatic rings. The van der Waals surface area contributed by atoms with Gasteiger partial charge in [0.2, 0.25) is 5.91 Å². The van der Waals surface area contributed by atoms with Gasteiger partial charge in [-0.2, -0.15) is 21.6 Å². The summed E-state index contributed by atoms with van der Waals surface area (Å²) in [4.78, 5) is 26.5. The first kappa shape index (κ1) is 39.3. The monoisotopic (exact) mass is 740 g/mol. The number of amides is 2. The van der Waals surface area contributed by atoms with Gasteiger partial charge in [-0.05, 0) is 101 Å². The normalized spacial score (nSPS) is 12.9. The van der Waals surface area contributed by atoms with Gasteiger partial charge in [-0.15, -0.1) is 0 Å². The number of rotatable bonds is 11. The molecule has 2 amide bonds. The summed E-state index contributed by atoms with van der Waals surface area (Å²) >= 11 is 6.68. The van der Waals surface area contributed by atoms with Gasteiger partial charge in [0.05, 0.1) is 27.9 Å². The molecule has 0 saturated carbocycles. The molecule has 0 bridgehead atoms. The van der Waals surface area contributed by atoms with E-state index in [0.717, 1.165) is 28.8 Å². The number of anilines is 1. The van der Waals surface area contributed by atoms with Gasteiger partial charge < -0.3 is 10.6 Å². The summed E-state index contributed by atoms with van der Waals surface area (Å²) in [5.41, 5.74) is 4.68. The van der Waals surface area contributed by atoms with Crippen LogP contribution in [0.3, 0.4) is 0 Å². The van der Waals surface area contributed by atoms with Crippen LogP contribution in [0, 0.1) is 19.3 Å². The van der Waals surface area contributed by atoms with Crippen LogP contribution in [0.15, 0.2) is 84.9 Å². The number of nitrogens with one attached hydrogen (secondary N) is 2. The van der Waals surface area contributed by atoms with E-state index < -0.39 is 39.4 Å². The number of hydrogen-bond donors (Lipinski definition) is 3. The number of carbonyl (C=O) groups excluding carboxylic acids is 2. The maximum absolute atomic E-state index is 14.0. The molecule has 0 aliphatic carbocycles. The Bertz CT molecular complexity index is 2040. The lowest BCUT2D eigenvalue weighted by molar-refractivity contribution is -0.137. The average Bonchev–Trinajstić information content (AvgIpc) is 3.03. The first-order valence-corrected chi connectivity index (χ1v) is 18.1. The van der Waals surface area contributed by atoms with Gasteiger partial charge in [-0.3, -0.25) is 14.1 Å². The van der Waals surface area contributed by atoms with Crippen molar-refractivity contribution < 1.29 is 35.7 Å². The van der Waals surface area contributed by atoms with Crippen LogP contribution in [-0.4, -0.2) is 37.1 Å². The van der Waals surface area contributed by atoms with Crippen molar-refractivity contribution in [3.05, 3.63) is 129 Å². The van der Waals surface area contributed by atoms with Crippen molar-refractivity contribution in [3.8, 4) is 11.1 Å². The molecule has 1 atom stereocenters. The molecule has 0 radical (unpaired) electrons. The van der Waals surface area contributed by atoms with Gasteiger partial charge in [-0.1, -0.05) is 87.0 Å². The third-order valence-corrected chi connectivity index (χ3v) is 9.18. The summed E-state index contributed by atoms with van der Waals surface area (Å²) in [7, 11) is -4.22. The van der Waals surface area contributed by atoms with Crippen molar-refractivity contribution in [2.45, 2.75) is 53.1 Å². The van der Waals surface area contributed by atoms with Gasteiger partial charge in [-0.25, -0.2) is 0 Å². The fraction of sp³-hybridized carbons (Fsp3) is 0.282. The van der Waals surface area contributed by atoms with Gasteiger partial charge in [0, 0.05) is 12.1 Å². The molecule has 0 aliphatic heterocycles. The van der Waals surface area contributed by atoms with E-state index in [9.17, 15) is 31.2 Å². The molecule has 1 unspecified atom stereocenters. The van der Waals surface area contributed by atoms with Crippen LogP contribution < -0.4 is 10.6 Å². The Balaban J connectivity index is 1.61. The second kappa shape index (κ2) is 15.8. The first-order valence-electron chi connectivity index (χ1n) is 16.1. The van der Waals surface area contributed by atoms with E-state index in [0.29, 0.717) is 27.9 Å². The molecule has 0 spiro atoms. The Morgan fingerprint density at radius 2 is 1.51 bits per heavy atom. The Kier molecular flexibility index (Phi) is 12.2. The zero-order chi connectivity index (χ0) is 37.7. The summed E-state index contributed by atoms with van der Waals surface area (Å²) in [6.45, 7) is 9.42. The molecule has 12 heteroatoms. The van der Waals surface area contributed by atoms with Crippen LogP contribution >= 0.6 is 11.6 Å². The number of allylic oxidation sites excluding steroid dienone is 1. The molecule has 7 nitrogen and oxygen atoms in total. The lowest BCUT2D eigenvalue weighted by Gasteiger charge is -2.20. The molecule has 0 aliphatic rings. The largest absolute Gasteiger partial charge is 0.416 e. The van der Waals surface area contributed by atoms with Gasteiger partial charge in [0.25, 0.3) is 16.0 Å². The van der Waals surface area contributed by atoms with E-state index in [2.05, 4.69) is 37.5 Å². The first-order chi connectivity index (χ1) is 23.7. The maximum atomic E-state index is 14.0. The Labute approximate surface area is 301 Å². The van der Waals surface area contributed by atoms with Gasteiger partial charge >= 0.3 is 6.18 Å². The molecule has 0 fully saturated rings. The highest BCUT2D eigenvalue weighted by Gasteiger charge is 2.31. The summed E-state index contributed by atoms with van der Waals surface area (Å²) in [6.07, 6.45) is -0.101. The summed E-state index contributed by atoms with van der Waals surface area (Å²) in [5, 5.41) is 5.61. The van der Waals surface area contributed by atoms with Crippen molar-refractivity contribution in [1.29, 1.82) is 0 Å².